The first-order chi connectivity index (χ1) is 6.65. The molecule has 1 heterocycles. The van der Waals surface area contributed by atoms with E-state index in [4.69, 9.17) is 5.11 Å². The first-order valence-corrected chi connectivity index (χ1v) is 5.44. The summed E-state index contributed by atoms with van der Waals surface area (Å²) in [5, 5.41) is 8.65. The van der Waals surface area contributed by atoms with Crippen LogP contribution in [0.3, 0.4) is 0 Å². The number of carboxylic acids is 1. The fraction of sp³-hybridized carbons (Fsp3) is 0.750. The van der Waals surface area contributed by atoms with Gasteiger partial charge in [-0.25, -0.2) is 4.79 Å². The number of carbonyl (C=O) groups excluding carboxylic acids is 1. The zero-order valence-electron chi connectivity index (χ0n) is 7.93. The number of carbonyl (C=O) groups is 2. The number of carboxylic acid groups (broad SMARTS) is 1. The third kappa shape index (κ3) is 2.80. The number of amides is 1. The van der Waals surface area contributed by atoms with Crippen molar-refractivity contribution in [3.05, 3.63) is 0 Å². The van der Waals surface area contributed by atoms with Crippen LogP contribution in [-0.4, -0.2) is 53.3 Å². The van der Waals surface area contributed by atoms with Gasteiger partial charge in [0.05, 0.1) is 19.6 Å². The van der Waals surface area contributed by atoms with Crippen LogP contribution in [0, 0.1) is 0 Å². The van der Waals surface area contributed by atoms with Crippen molar-refractivity contribution in [3.8, 4) is 0 Å². The molecule has 1 N–H and O–H groups in total. The van der Waals surface area contributed by atoms with Gasteiger partial charge in [-0.05, 0) is 0 Å². The number of rotatable bonds is 2. The Morgan fingerprint density at radius 2 is 2.36 bits per heavy atom. The lowest BCUT2D eigenvalue weighted by molar-refractivity contribution is -0.138. The predicted molar refractivity (Wildman–Crippen MR) is 52.5 cm³/mol. The van der Waals surface area contributed by atoms with Gasteiger partial charge in [0.25, 0.3) is 0 Å². The van der Waals surface area contributed by atoms with Crippen molar-refractivity contribution in [1.29, 1.82) is 0 Å². The molecule has 80 valence electrons. The maximum atomic E-state index is 11.3. The summed E-state index contributed by atoms with van der Waals surface area (Å²) in [6, 6.07) is -0.237. The Labute approximate surface area is 86.4 Å². The standard InChI is InChI=1S/C8H13NO4S/c1-13-8(12)9-2-3-14-5-6(9)4-7(10)11/h6H,2-5H2,1H3,(H,10,11). The van der Waals surface area contributed by atoms with Crippen LogP contribution in [0.25, 0.3) is 0 Å². The van der Waals surface area contributed by atoms with E-state index in [9.17, 15) is 9.59 Å². The summed E-state index contributed by atoms with van der Waals surface area (Å²) >= 11 is 1.66. The van der Waals surface area contributed by atoms with Crippen LogP contribution in [0.5, 0.6) is 0 Å². The molecule has 1 fully saturated rings. The smallest absolute Gasteiger partial charge is 0.409 e. The SMILES string of the molecule is COC(=O)N1CCSCC1CC(=O)O. The summed E-state index contributed by atoms with van der Waals surface area (Å²) < 4.78 is 4.59. The second kappa shape index (κ2) is 5.09. The van der Waals surface area contributed by atoms with Crippen LogP contribution in [0.4, 0.5) is 4.79 Å². The van der Waals surface area contributed by atoms with E-state index < -0.39 is 12.1 Å². The van der Waals surface area contributed by atoms with E-state index in [2.05, 4.69) is 4.74 Å². The molecule has 1 amide bonds. The Morgan fingerprint density at radius 1 is 1.64 bits per heavy atom. The Kier molecular flexibility index (Phi) is 4.06. The number of ether oxygens (including phenoxy) is 1. The van der Waals surface area contributed by atoms with Crippen LogP contribution in [0.1, 0.15) is 6.42 Å². The van der Waals surface area contributed by atoms with E-state index in [-0.39, 0.29) is 12.5 Å². The number of hydrogen-bond acceptors (Lipinski definition) is 4. The third-order valence-electron chi connectivity index (χ3n) is 2.05. The maximum absolute atomic E-state index is 11.3. The molecule has 5 nitrogen and oxygen atoms in total. The normalized spacial score (nSPS) is 21.8. The van der Waals surface area contributed by atoms with E-state index in [0.717, 1.165) is 5.75 Å². The molecular weight excluding hydrogens is 206 g/mol. The highest BCUT2D eigenvalue weighted by Gasteiger charge is 2.29. The third-order valence-corrected chi connectivity index (χ3v) is 3.14. The van der Waals surface area contributed by atoms with Crippen LogP contribution < -0.4 is 0 Å². The fourth-order valence-corrected chi connectivity index (χ4v) is 2.45. The number of hydrogen-bond donors (Lipinski definition) is 1. The molecule has 1 aliphatic heterocycles. The van der Waals surface area contributed by atoms with Gasteiger partial charge >= 0.3 is 12.1 Å². The molecule has 6 heteroatoms. The van der Waals surface area contributed by atoms with Crippen LogP contribution in [0.15, 0.2) is 0 Å². The molecule has 14 heavy (non-hydrogen) atoms. The first-order valence-electron chi connectivity index (χ1n) is 4.29. The van der Waals surface area contributed by atoms with E-state index >= 15 is 0 Å². The van der Waals surface area contributed by atoms with Gasteiger partial charge in [0.1, 0.15) is 0 Å². The van der Waals surface area contributed by atoms with Gasteiger partial charge in [-0.15, -0.1) is 0 Å². The predicted octanol–water partition coefficient (Wildman–Crippen LogP) is 0.645. The van der Waals surface area contributed by atoms with Gasteiger partial charge in [0.15, 0.2) is 0 Å². The second-order valence-electron chi connectivity index (χ2n) is 2.99. The summed E-state index contributed by atoms with van der Waals surface area (Å²) in [6.07, 6.45) is -0.446. The maximum Gasteiger partial charge on any atom is 0.409 e. The Morgan fingerprint density at radius 3 is 2.93 bits per heavy atom. The summed E-state index contributed by atoms with van der Waals surface area (Å²) in [5.74, 6) is 0.624. The Bertz CT molecular complexity index is 233. The average molecular weight is 219 g/mol. The lowest BCUT2D eigenvalue weighted by Gasteiger charge is -2.33. The Balaban J connectivity index is 2.58. The molecule has 0 aliphatic carbocycles. The molecule has 0 bridgehead atoms. The second-order valence-corrected chi connectivity index (χ2v) is 4.14. The molecule has 1 aliphatic rings. The van der Waals surface area contributed by atoms with Gasteiger partial charge in [-0.3, -0.25) is 4.79 Å². The van der Waals surface area contributed by atoms with E-state index in [1.807, 2.05) is 0 Å². The molecule has 1 rings (SSSR count). The highest BCUT2D eigenvalue weighted by atomic mass is 32.2. The monoisotopic (exact) mass is 219 g/mol. The van der Waals surface area contributed by atoms with Gasteiger partial charge in [0, 0.05) is 18.1 Å². The highest BCUT2D eigenvalue weighted by molar-refractivity contribution is 7.99. The number of thioether (sulfide) groups is 1. The zero-order valence-corrected chi connectivity index (χ0v) is 8.75. The molecular formula is C8H13NO4S. The fourth-order valence-electron chi connectivity index (χ4n) is 1.38. The quantitative estimate of drug-likeness (QED) is 0.738. The van der Waals surface area contributed by atoms with Crippen molar-refractivity contribution < 1.29 is 19.4 Å². The van der Waals surface area contributed by atoms with Crippen LogP contribution in [-0.2, 0) is 9.53 Å². The number of aliphatic carboxylic acids is 1. The van der Waals surface area contributed by atoms with Crippen LogP contribution >= 0.6 is 11.8 Å². The summed E-state index contributed by atoms with van der Waals surface area (Å²) in [5.41, 5.74) is 0. The molecule has 0 aromatic heterocycles. The van der Waals surface area contributed by atoms with Crippen molar-refractivity contribution in [2.24, 2.45) is 0 Å². The van der Waals surface area contributed by atoms with E-state index in [0.29, 0.717) is 12.3 Å². The average Bonchev–Trinajstić information content (AvgIpc) is 2.16. The largest absolute Gasteiger partial charge is 0.481 e. The first kappa shape index (κ1) is 11.2. The Hall–Kier alpha value is -0.910. The molecule has 0 spiro atoms. The molecule has 1 atom stereocenters. The van der Waals surface area contributed by atoms with E-state index in [1.54, 1.807) is 11.8 Å². The van der Waals surface area contributed by atoms with Crippen molar-refractivity contribution in [2.75, 3.05) is 25.2 Å². The van der Waals surface area contributed by atoms with Crippen molar-refractivity contribution in [2.45, 2.75) is 12.5 Å². The highest BCUT2D eigenvalue weighted by Crippen LogP contribution is 2.19. The molecule has 1 unspecified atom stereocenters. The number of methoxy groups -OCH3 is 1. The number of nitrogens with zero attached hydrogens (tertiary/aromatic N) is 1. The zero-order chi connectivity index (χ0) is 10.6. The van der Waals surface area contributed by atoms with E-state index in [1.165, 1.54) is 12.0 Å². The molecule has 0 radical (unpaired) electrons. The minimum absolute atomic E-state index is 0.0118. The van der Waals surface area contributed by atoms with Gasteiger partial charge in [0.2, 0.25) is 0 Å². The van der Waals surface area contributed by atoms with Gasteiger partial charge in [-0.2, -0.15) is 11.8 Å². The summed E-state index contributed by atoms with van der Waals surface area (Å²) in [6.45, 7) is 0.565. The summed E-state index contributed by atoms with van der Waals surface area (Å²) in [4.78, 5) is 23.3. The van der Waals surface area contributed by atoms with Crippen molar-refractivity contribution >= 4 is 23.8 Å². The van der Waals surface area contributed by atoms with Gasteiger partial charge < -0.3 is 14.7 Å². The van der Waals surface area contributed by atoms with Gasteiger partial charge in [-0.1, -0.05) is 0 Å². The topological polar surface area (TPSA) is 66.8 Å². The minimum atomic E-state index is -0.883. The molecule has 0 aromatic carbocycles. The molecule has 1 saturated heterocycles. The minimum Gasteiger partial charge on any atom is -0.481 e. The van der Waals surface area contributed by atoms with Crippen molar-refractivity contribution in [1.82, 2.24) is 4.90 Å². The van der Waals surface area contributed by atoms with Crippen LogP contribution in [0.2, 0.25) is 0 Å². The van der Waals surface area contributed by atoms with Crippen molar-refractivity contribution in [3.63, 3.8) is 0 Å². The summed E-state index contributed by atoms with van der Waals surface area (Å²) in [7, 11) is 1.31. The molecule has 0 aromatic rings. The lowest BCUT2D eigenvalue weighted by atomic mass is 10.2. The molecule has 0 saturated carbocycles. The lowest BCUT2D eigenvalue weighted by Crippen LogP contribution is -2.47.